The molecule has 2 rings (SSSR count). The van der Waals surface area contributed by atoms with Gasteiger partial charge in [0.15, 0.2) is 0 Å². The molecule has 0 aliphatic heterocycles. The van der Waals surface area contributed by atoms with Gasteiger partial charge in [-0.1, -0.05) is 76.1 Å². The topological polar surface area (TPSA) is 18.5 Å². The lowest BCUT2D eigenvalue weighted by Gasteiger charge is -2.16. The summed E-state index contributed by atoms with van der Waals surface area (Å²) >= 11 is 5.72. The third-order valence-electron chi connectivity index (χ3n) is 5.17. The third kappa shape index (κ3) is 7.54. The molecule has 0 saturated heterocycles. The van der Waals surface area contributed by atoms with Crippen LogP contribution in [-0.2, 0) is 0 Å². The number of aryl methyl sites for hydroxylation is 1. The number of unbranched alkanes of at least 4 members (excludes halogenated alkanes) is 8. The minimum atomic E-state index is 0.774. The minimum Gasteiger partial charge on any atom is -0.493 e. The average Bonchev–Trinajstić information content (AvgIpc) is 2.71. The molecule has 0 spiro atoms. The summed E-state index contributed by atoms with van der Waals surface area (Å²) in [5, 5.41) is 2.31. The molecule has 2 aromatic rings. The Morgan fingerprint density at radius 1 is 0.750 bits per heavy atom. The van der Waals surface area contributed by atoms with Crippen molar-refractivity contribution in [1.29, 1.82) is 0 Å². The lowest BCUT2D eigenvalue weighted by molar-refractivity contribution is 0.300. The van der Waals surface area contributed by atoms with Gasteiger partial charge in [-0.3, -0.25) is 0 Å². The first kappa shape index (κ1) is 22.9. The van der Waals surface area contributed by atoms with Gasteiger partial charge in [-0.25, -0.2) is 0 Å². The SMILES string of the molecule is CCCCCCOc1c(C)cc(OCCCCCCCCCl)c2ccccc12. The quantitative estimate of drug-likeness (QED) is 0.220. The highest BCUT2D eigenvalue weighted by atomic mass is 35.5. The van der Waals surface area contributed by atoms with Crippen LogP contribution in [0.15, 0.2) is 30.3 Å². The van der Waals surface area contributed by atoms with Gasteiger partial charge in [0, 0.05) is 16.7 Å². The lowest BCUT2D eigenvalue weighted by Crippen LogP contribution is -2.02. The van der Waals surface area contributed by atoms with Crippen molar-refractivity contribution in [2.75, 3.05) is 19.1 Å². The lowest BCUT2D eigenvalue weighted by atomic mass is 10.0. The molecule has 0 saturated carbocycles. The Labute approximate surface area is 176 Å². The first-order valence-electron chi connectivity index (χ1n) is 11.1. The number of alkyl halides is 1. The predicted molar refractivity (Wildman–Crippen MR) is 122 cm³/mol. The summed E-state index contributed by atoms with van der Waals surface area (Å²) in [6.45, 7) is 5.92. The maximum atomic E-state index is 6.18. The maximum absolute atomic E-state index is 6.18. The van der Waals surface area contributed by atoms with E-state index in [0.717, 1.165) is 66.2 Å². The van der Waals surface area contributed by atoms with Crippen LogP contribution in [0.5, 0.6) is 11.5 Å². The zero-order chi connectivity index (χ0) is 20.0. The van der Waals surface area contributed by atoms with E-state index in [1.54, 1.807) is 0 Å². The minimum absolute atomic E-state index is 0.774. The molecule has 0 bridgehead atoms. The van der Waals surface area contributed by atoms with Crippen LogP contribution < -0.4 is 9.47 Å². The first-order chi connectivity index (χ1) is 13.8. The molecule has 0 N–H and O–H groups in total. The monoisotopic (exact) mass is 404 g/mol. The molecule has 156 valence electrons. The Morgan fingerprint density at radius 3 is 2.07 bits per heavy atom. The number of benzene rings is 2. The molecule has 0 radical (unpaired) electrons. The molecule has 0 heterocycles. The summed E-state index contributed by atoms with van der Waals surface area (Å²) in [5.41, 5.74) is 1.16. The smallest absolute Gasteiger partial charge is 0.130 e. The van der Waals surface area contributed by atoms with Crippen LogP contribution in [0.1, 0.15) is 76.7 Å². The fraction of sp³-hybridized carbons (Fsp3) is 0.600. The second-order valence-corrected chi connectivity index (χ2v) is 8.01. The van der Waals surface area contributed by atoms with Gasteiger partial charge in [0.05, 0.1) is 13.2 Å². The van der Waals surface area contributed by atoms with Crippen molar-refractivity contribution in [3.05, 3.63) is 35.9 Å². The first-order valence-corrected chi connectivity index (χ1v) is 11.6. The molecule has 0 aliphatic carbocycles. The van der Waals surface area contributed by atoms with Crippen LogP contribution in [0.25, 0.3) is 10.8 Å². The fourth-order valence-corrected chi connectivity index (χ4v) is 3.74. The third-order valence-corrected chi connectivity index (χ3v) is 5.44. The Hall–Kier alpha value is -1.41. The normalized spacial score (nSPS) is 11.1. The molecule has 3 heteroatoms. The predicted octanol–water partition coefficient (Wildman–Crippen LogP) is 8.07. The number of ether oxygens (including phenoxy) is 2. The van der Waals surface area contributed by atoms with E-state index in [4.69, 9.17) is 21.1 Å². The number of rotatable bonds is 15. The van der Waals surface area contributed by atoms with Gasteiger partial charge in [0.2, 0.25) is 0 Å². The molecule has 0 fully saturated rings. The van der Waals surface area contributed by atoms with Crippen LogP contribution in [0.4, 0.5) is 0 Å². The molecule has 0 unspecified atom stereocenters. The van der Waals surface area contributed by atoms with Crippen molar-refractivity contribution >= 4 is 22.4 Å². The maximum Gasteiger partial charge on any atom is 0.130 e. The zero-order valence-electron chi connectivity index (χ0n) is 17.8. The van der Waals surface area contributed by atoms with Gasteiger partial charge < -0.3 is 9.47 Å². The summed E-state index contributed by atoms with van der Waals surface area (Å²) in [6, 6.07) is 10.6. The molecule has 0 amide bonds. The Bertz CT molecular complexity index is 684. The molecule has 0 aromatic heterocycles. The molecular weight excluding hydrogens is 368 g/mol. The van der Waals surface area contributed by atoms with E-state index >= 15 is 0 Å². The Kier molecular flexibility index (Phi) is 11.2. The van der Waals surface area contributed by atoms with Crippen molar-refractivity contribution in [2.24, 2.45) is 0 Å². The van der Waals surface area contributed by atoms with E-state index in [-0.39, 0.29) is 0 Å². The zero-order valence-corrected chi connectivity index (χ0v) is 18.5. The Morgan fingerprint density at radius 2 is 1.36 bits per heavy atom. The highest BCUT2D eigenvalue weighted by molar-refractivity contribution is 6.17. The van der Waals surface area contributed by atoms with E-state index in [1.165, 1.54) is 44.9 Å². The van der Waals surface area contributed by atoms with Gasteiger partial charge in [-0.2, -0.15) is 0 Å². The van der Waals surface area contributed by atoms with E-state index < -0.39 is 0 Å². The summed E-state index contributed by atoms with van der Waals surface area (Å²) < 4.78 is 12.3. The van der Waals surface area contributed by atoms with E-state index in [1.807, 2.05) is 0 Å². The van der Waals surface area contributed by atoms with Crippen LogP contribution in [0.3, 0.4) is 0 Å². The molecule has 28 heavy (non-hydrogen) atoms. The molecular formula is C25H37ClO2. The molecule has 2 aromatic carbocycles. The highest BCUT2D eigenvalue weighted by Crippen LogP contribution is 2.36. The number of hydrogen-bond donors (Lipinski definition) is 0. The van der Waals surface area contributed by atoms with Crippen molar-refractivity contribution in [1.82, 2.24) is 0 Å². The van der Waals surface area contributed by atoms with Crippen molar-refractivity contribution in [2.45, 2.75) is 78.1 Å². The number of fused-ring (bicyclic) bond motifs is 1. The summed E-state index contributed by atoms with van der Waals surface area (Å²) in [4.78, 5) is 0. The van der Waals surface area contributed by atoms with Gasteiger partial charge in [-0.05, 0) is 37.8 Å². The summed E-state index contributed by atoms with van der Waals surface area (Å²) in [6.07, 6.45) is 12.1. The standard InChI is InChI=1S/C25H37ClO2/c1-3-4-5-13-19-28-25-21(2)20-24(22-15-10-11-16-23(22)25)27-18-14-9-7-6-8-12-17-26/h10-11,15-16,20H,3-9,12-14,17-19H2,1-2H3. The second-order valence-electron chi connectivity index (χ2n) is 7.63. The summed E-state index contributed by atoms with van der Waals surface area (Å²) in [7, 11) is 0. The van der Waals surface area contributed by atoms with E-state index in [9.17, 15) is 0 Å². The molecule has 0 aliphatic rings. The van der Waals surface area contributed by atoms with Gasteiger partial charge in [0.25, 0.3) is 0 Å². The van der Waals surface area contributed by atoms with Crippen LogP contribution >= 0.6 is 11.6 Å². The van der Waals surface area contributed by atoms with E-state index in [0.29, 0.717) is 0 Å². The Balaban J connectivity index is 1.91. The van der Waals surface area contributed by atoms with Crippen LogP contribution in [0.2, 0.25) is 0 Å². The van der Waals surface area contributed by atoms with Gasteiger partial charge >= 0.3 is 0 Å². The number of hydrogen-bond acceptors (Lipinski definition) is 2. The molecule has 2 nitrogen and oxygen atoms in total. The second kappa shape index (κ2) is 13.7. The largest absolute Gasteiger partial charge is 0.493 e. The highest BCUT2D eigenvalue weighted by Gasteiger charge is 2.11. The van der Waals surface area contributed by atoms with Crippen LogP contribution in [-0.4, -0.2) is 19.1 Å². The van der Waals surface area contributed by atoms with Crippen molar-refractivity contribution in [3.8, 4) is 11.5 Å². The summed E-state index contributed by atoms with van der Waals surface area (Å²) in [5.74, 6) is 2.78. The average molecular weight is 405 g/mol. The van der Waals surface area contributed by atoms with Crippen molar-refractivity contribution < 1.29 is 9.47 Å². The van der Waals surface area contributed by atoms with Gasteiger partial charge in [-0.15, -0.1) is 11.6 Å². The van der Waals surface area contributed by atoms with Crippen LogP contribution in [0, 0.1) is 6.92 Å². The van der Waals surface area contributed by atoms with Gasteiger partial charge in [0.1, 0.15) is 11.5 Å². The van der Waals surface area contributed by atoms with Crippen molar-refractivity contribution in [3.63, 3.8) is 0 Å². The fourth-order valence-electron chi connectivity index (χ4n) is 3.55. The van der Waals surface area contributed by atoms with E-state index in [2.05, 4.69) is 44.2 Å². The molecule has 0 atom stereocenters. The number of halogens is 1.